The lowest BCUT2D eigenvalue weighted by Gasteiger charge is -2.44. The van der Waals surface area contributed by atoms with Crippen LogP contribution in [-0.4, -0.2) is 46.1 Å². The van der Waals surface area contributed by atoms with Gasteiger partial charge in [0.05, 0.1) is 6.42 Å². The summed E-state index contributed by atoms with van der Waals surface area (Å²) in [6.07, 6.45) is 5.56. The number of hydrogen-bond acceptors (Lipinski definition) is 3. The molecule has 1 N–H and O–H groups in total. The Morgan fingerprint density at radius 2 is 2.18 bits per heavy atom. The Hall–Kier alpha value is -0.220. The molecular formula is C13H23NO2S. The molecule has 0 amide bonds. The van der Waals surface area contributed by atoms with Crippen molar-refractivity contribution in [3.63, 3.8) is 0 Å². The lowest BCUT2D eigenvalue weighted by atomic mass is 9.84. The highest BCUT2D eigenvalue weighted by Gasteiger charge is 2.34. The number of hydrogen-bond donors (Lipinski definition) is 1. The molecule has 1 saturated carbocycles. The van der Waals surface area contributed by atoms with Crippen molar-refractivity contribution < 1.29 is 9.90 Å². The molecule has 3 unspecified atom stereocenters. The van der Waals surface area contributed by atoms with Crippen molar-refractivity contribution >= 4 is 17.7 Å². The topological polar surface area (TPSA) is 40.5 Å². The maximum absolute atomic E-state index is 10.9. The first-order valence-electron chi connectivity index (χ1n) is 6.73. The quantitative estimate of drug-likeness (QED) is 0.843. The lowest BCUT2D eigenvalue weighted by Crippen LogP contribution is -2.52. The van der Waals surface area contributed by atoms with Crippen molar-refractivity contribution in [3.8, 4) is 0 Å². The van der Waals surface area contributed by atoms with Crippen LogP contribution in [0.25, 0.3) is 0 Å². The summed E-state index contributed by atoms with van der Waals surface area (Å²) >= 11 is 1.91. The standard InChI is InChI=1S/C13H23NO2S/c1-10-4-2-3-5-12(10)14-6-7-17-9-11(14)8-13(15)16/h10-12H,2-9H2,1H3,(H,15,16). The van der Waals surface area contributed by atoms with Gasteiger partial charge in [-0.1, -0.05) is 19.8 Å². The number of aliphatic carboxylic acids is 1. The third-order valence-corrected chi connectivity index (χ3v) is 5.27. The summed E-state index contributed by atoms with van der Waals surface area (Å²) in [6.45, 7) is 3.42. The Balaban J connectivity index is 2.01. The van der Waals surface area contributed by atoms with Gasteiger partial charge in [0.2, 0.25) is 0 Å². The van der Waals surface area contributed by atoms with E-state index < -0.39 is 5.97 Å². The van der Waals surface area contributed by atoms with Gasteiger partial charge in [-0.2, -0.15) is 11.8 Å². The molecule has 2 aliphatic rings. The fraction of sp³-hybridized carbons (Fsp3) is 0.923. The zero-order valence-electron chi connectivity index (χ0n) is 10.6. The van der Waals surface area contributed by atoms with E-state index in [-0.39, 0.29) is 6.04 Å². The van der Waals surface area contributed by atoms with Crippen LogP contribution in [0.2, 0.25) is 0 Å². The first-order valence-corrected chi connectivity index (χ1v) is 7.89. The molecule has 0 aromatic rings. The molecular weight excluding hydrogens is 234 g/mol. The van der Waals surface area contributed by atoms with Crippen LogP contribution >= 0.6 is 11.8 Å². The van der Waals surface area contributed by atoms with E-state index in [9.17, 15) is 4.79 Å². The predicted octanol–water partition coefficient (Wildman–Crippen LogP) is 2.46. The Kier molecular flexibility index (Phi) is 4.74. The highest BCUT2D eigenvalue weighted by atomic mass is 32.2. The van der Waals surface area contributed by atoms with Crippen molar-refractivity contribution in [1.82, 2.24) is 4.90 Å². The van der Waals surface area contributed by atoms with Gasteiger partial charge in [0.1, 0.15) is 0 Å². The second-order valence-corrected chi connectivity index (χ2v) is 6.54. The zero-order valence-corrected chi connectivity index (χ0v) is 11.4. The number of nitrogens with zero attached hydrogens (tertiary/aromatic N) is 1. The van der Waals surface area contributed by atoms with Crippen LogP contribution in [0.3, 0.4) is 0 Å². The van der Waals surface area contributed by atoms with Gasteiger partial charge >= 0.3 is 5.97 Å². The van der Waals surface area contributed by atoms with Crippen LogP contribution in [0.1, 0.15) is 39.0 Å². The minimum atomic E-state index is -0.647. The highest BCUT2D eigenvalue weighted by Crippen LogP contribution is 2.32. The SMILES string of the molecule is CC1CCCCC1N1CCSCC1CC(=O)O. The molecule has 0 bridgehead atoms. The fourth-order valence-corrected chi connectivity index (χ4v) is 4.36. The van der Waals surface area contributed by atoms with E-state index in [1.807, 2.05) is 11.8 Å². The predicted molar refractivity (Wildman–Crippen MR) is 71.5 cm³/mol. The molecule has 0 radical (unpaired) electrons. The molecule has 2 rings (SSSR count). The van der Waals surface area contributed by atoms with Gasteiger partial charge in [-0.05, 0) is 18.8 Å². The number of carboxylic acid groups (broad SMARTS) is 1. The Labute approximate surface area is 108 Å². The first-order chi connectivity index (χ1) is 8.18. The molecule has 1 heterocycles. The van der Waals surface area contributed by atoms with Crippen molar-refractivity contribution in [2.45, 2.75) is 51.1 Å². The molecule has 0 aromatic heterocycles. The van der Waals surface area contributed by atoms with E-state index in [0.29, 0.717) is 12.5 Å². The number of thioether (sulfide) groups is 1. The summed E-state index contributed by atoms with van der Waals surface area (Å²) in [7, 11) is 0. The van der Waals surface area contributed by atoms with Crippen molar-refractivity contribution in [2.24, 2.45) is 5.92 Å². The van der Waals surface area contributed by atoms with Gasteiger partial charge in [-0.25, -0.2) is 0 Å². The molecule has 17 heavy (non-hydrogen) atoms. The van der Waals surface area contributed by atoms with Crippen LogP contribution < -0.4 is 0 Å². The Morgan fingerprint density at radius 1 is 1.41 bits per heavy atom. The maximum atomic E-state index is 10.9. The number of carbonyl (C=O) groups is 1. The van der Waals surface area contributed by atoms with E-state index >= 15 is 0 Å². The molecule has 0 aromatic carbocycles. The molecule has 1 aliphatic carbocycles. The average molecular weight is 257 g/mol. The first kappa shape index (κ1) is 13.2. The monoisotopic (exact) mass is 257 g/mol. The van der Waals surface area contributed by atoms with Crippen LogP contribution in [-0.2, 0) is 4.79 Å². The molecule has 3 nitrogen and oxygen atoms in total. The minimum absolute atomic E-state index is 0.261. The normalized spacial score (nSPS) is 35.7. The van der Waals surface area contributed by atoms with Crippen LogP contribution in [0.5, 0.6) is 0 Å². The summed E-state index contributed by atoms with van der Waals surface area (Å²) in [4.78, 5) is 13.4. The average Bonchev–Trinajstić information content (AvgIpc) is 2.30. The van der Waals surface area contributed by atoms with Crippen molar-refractivity contribution in [3.05, 3.63) is 0 Å². The minimum Gasteiger partial charge on any atom is -0.481 e. The van der Waals surface area contributed by atoms with E-state index in [1.165, 1.54) is 31.4 Å². The third-order valence-electron chi connectivity index (χ3n) is 4.18. The van der Waals surface area contributed by atoms with Gasteiger partial charge in [-0.15, -0.1) is 0 Å². The second kappa shape index (κ2) is 6.10. The van der Waals surface area contributed by atoms with E-state index in [1.54, 1.807) is 0 Å². The molecule has 0 spiro atoms. The number of carboxylic acids is 1. The van der Waals surface area contributed by atoms with Gasteiger partial charge in [-0.3, -0.25) is 9.69 Å². The summed E-state index contributed by atoms with van der Waals surface area (Å²) < 4.78 is 0. The largest absolute Gasteiger partial charge is 0.481 e. The maximum Gasteiger partial charge on any atom is 0.304 e. The van der Waals surface area contributed by atoms with Crippen LogP contribution in [0, 0.1) is 5.92 Å². The van der Waals surface area contributed by atoms with Gasteiger partial charge < -0.3 is 5.11 Å². The zero-order chi connectivity index (χ0) is 12.3. The highest BCUT2D eigenvalue weighted by molar-refractivity contribution is 7.99. The number of rotatable bonds is 3. The van der Waals surface area contributed by atoms with Gasteiger partial charge in [0.15, 0.2) is 0 Å². The van der Waals surface area contributed by atoms with Crippen LogP contribution in [0.15, 0.2) is 0 Å². The molecule has 4 heteroatoms. The summed E-state index contributed by atoms with van der Waals surface area (Å²) in [5.41, 5.74) is 0. The molecule has 98 valence electrons. The van der Waals surface area contributed by atoms with Crippen LogP contribution in [0.4, 0.5) is 0 Å². The Morgan fingerprint density at radius 3 is 2.88 bits per heavy atom. The van der Waals surface area contributed by atoms with Gasteiger partial charge in [0, 0.05) is 30.1 Å². The van der Waals surface area contributed by atoms with Crippen molar-refractivity contribution in [1.29, 1.82) is 0 Å². The summed E-state index contributed by atoms with van der Waals surface area (Å²) in [5, 5.41) is 9.01. The molecule has 2 fully saturated rings. The molecule has 1 saturated heterocycles. The lowest BCUT2D eigenvalue weighted by molar-refractivity contribution is -0.138. The smallest absolute Gasteiger partial charge is 0.304 e. The van der Waals surface area contributed by atoms with E-state index in [4.69, 9.17) is 5.11 Å². The van der Waals surface area contributed by atoms with E-state index in [2.05, 4.69) is 11.8 Å². The second-order valence-electron chi connectivity index (χ2n) is 5.39. The fourth-order valence-electron chi connectivity index (χ4n) is 3.27. The third kappa shape index (κ3) is 3.38. The molecule has 3 atom stereocenters. The van der Waals surface area contributed by atoms with Crippen molar-refractivity contribution in [2.75, 3.05) is 18.1 Å². The summed E-state index contributed by atoms with van der Waals surface area (Å²) in [5.74, 6) is 2.25. The molecule has 1 aliphatic heterocycles. The summed E-state index contributed by atoms with van der Waals surface area (Å²) in [6, 6.07) is 0.894. The van der Waals surface area contributed by atoms with E-state index in [0.717, 1.165) is 18.2 Å². The van der Waals surface area contributed by atoms with Gasteiger partial charge in [0.25, 0.3) is 0 Å². The Bertz CT molecular complexity index is 272.